The van der Waals surface area contributed by atoms with Gasteiger partial charge in [0.1, 0.15) is 5.69 Å². The van der Waals surface area contributed by atoms with Gasteiger partial charge in [0.15, 0.2) is 5.82 Å². The molecule has 0 aliphatic carbocycles. The fourth-order valence-corrected chi connectivity index (χ4v) is 2.34. The molecule has 0 saturated heterocycles. The lowest BCUT2D eigenvalue weighted by Crippen LogP contribution is -2.17. The first-order valence-corrected chi connectivity index (χ1v) is 7.81. The molecule has 1 amide bonds. The van der Waals surface area contributed by atoms with E-state index in [1.165, 1.54) is 36.5 Å². The van der Waals surface area contributed by atoms with E-state index in [0.29, 0.717) is 5.56 Å². The lowest BCUT2D eigenvalue weighted by molar-refractivity contribution is -0.137. The van der Waals surface area contributed by atoms with E-state index >= 15 is 0 Å². The highest BCUT2D eigenvalue weighted by molar-refractivity contribution is 6.03. The van der Waals surface area contributed by atoms with E-state index in [1.54, 1.807) is 0 Å². The van der Waals surface area contributed by atoms with Gasteiger partial charge in [-0.1, -0.05) is 12.1 Å². The van der Waals surface area contributed by atoms with Crippen LogP contribution < -0.4 is 5.32 Å². The summed E-state index contributed by atoms with van der Waals surface area (Å²) in [5.41, 5.74) is -1.08. The van der Waals surface area contributed by atoms with Crippen LogP contribution in [0.15, 0.2) is 54.7 Å². The summed E-state index contributed by atoms with van der Waals surface area (Å²) in [5, 5.41) is 9.88. The molecule has 0 spiro atoms. The number of benzene rings is 1. The minimum absolute atomic E-state index is 0.0217. The van der Waals surface area contributed by atoms with Crippen molar-refractivity contribution in [1.82, 2.24) is 15.2 Å². The van der Waals surface area contributed by atoms with Crippen molar-refractivity contribution >= 4 is 11.7 Å². The van der Waals surface area contributed by atoms with Gasteiger partial charge >= 0.3 is 6.18 Å². The van der Waals surface area contributed by atoms with Crippen LogP contribution in [-0.2, 0) is 6.18 Å². The number of hydrogen-bond donors (Lipinski definition) is 1. The first-order valence-electron chi connectivity index (χ1n) is 7.81. The number of nitrogens with zero attached hydrogens (tertiary/aromatic N) is 3. The van der Waals surface area contributed by atoms with Crippen molar-refractivity contribution in [2.45, 2.75) is 12.6 Å². The average molecular weight is 394 g/mol. The van der Waals surface area contributed by atoms with Crippen molar-refractivity contribution in [3.63, 3.8) is 0 Å². The molecule has 0 fully saturated rings. The summed E-state index contributed by atoms with van der Waals surface area (Å²) < 4.78 is 63.7. The van der Waals surface area contributed by atoms with Crippen LogP contribution in [0, 0.1) is 0 Å². The summed E-state index contributed by atoms with van der Waals surface area (Å²) >= 11 is 0. The van der Waals surface area contributed by atoms with Crippen LogP contribution in [0.3, 0.4) is 0 Å². The standard InChI is InChI=1S/C18H11F5N4O/c19-16(20)12-2-1-9-24-15(12)17(28)25-14-8-7-13(26-27-14)10-3-5-11(6-4-10)18(21,22)23/h1-9,16H,(H,25,27,28). The Hall–Kier alpha value is -3.43. The monoisotopic (exact) mass is 394 g/mol. The van der Waals surface area contributed by atoms with Crippen LogP contribution in [0.2, 0.25) is 0 Å². The summed E-state index contributed by atoms with van der Waals surface area (Å²) in [4.78, 5) is 15.8. The number of amides is 1. The van der Waals surface area contributed by atoms with Gasteiger partial charge in [-0.25, -0.2) is 8.78 Å². The molecule has 0 saturated carbocycles. The number of rotatable bonds is 4. The van der Waals surface area contributed by atoms with E-state index in [2.05, 4.69) is 20.5 Å². The van der Waals surface area contributed by atoms with Crippen molar-refractivity contribution in [2.24, 2.45) is 0 Å². The minimum atomic E-state index is -4.44. The predicted molar refractivity (Wildman–Crippen MR) is 89.6 cm³/mol. The van der Waals surface area contributed by atoms with E-state index in [4.69, 9.17) is 0 Å². The molecule has 3 aromatic rings. The summed E-state index contributed by atoms with van der Waals surface area (Å²) in [6.07, 6.45) is -6.11. The zero-order valence-corrected chi connectivity index (χ0v) is 13.9. The quantitative estimate of drug-likeness (QED) is 0.649. The fourth-order valence-electron chi connectivity index (χ4n) is 2.34. The molecule has 10 heteroatoms. The molecule has 0 atom stereocenters. The largest absolute Gasteiger partial charge is 0.416 e. The molecule has 0 unspecified atom stereocenters. The number of hydrogen-bond acceptors (Lipinski definition) is 4. The molecule has 2 heterocycles. The Morgan fingerprint density at radius 1 is 0.964 bits per heavy atom. The molecule has 0 radical (unpaired) electrons. The van der Waals surface area contributed by atoms with Gasteiger partial charge in [-0.3, -0.25) is 9.78 Å². The van der Waals surface area contributed by atoms with E-state index in [-0.39, 0.29) is 11.5 Å². The Labute approximate surface area is 155 Å². The van der Waals surface area contributed by atoms with Gasteiger partial charge < -0.3 is 5.32 Å². The number of nitrogens with one attached hydrogen (secondary N) is 1. The number of aromatic nitrogens is 3. The van der Waals surface area contributed by atoms with Gasteiger partial charge in [0.25, 0.3) is 12.3 Å². The summed E-state index contributed by atoms with van der Waals surface area (Å²) in [5.74, 6) is -0.904. The molecule has 1 N–H and O–H groups in total. The maximum atomic E-state index is 13.0. The maximum Gasteiger partial charge on any atom is 0.416 e. The van der Waals surface area contributed by atoms with Gasteiger partial charge in [-0.15, -0.1) is 10.2 Å². The highest BCUT2D eigenvalue weighted by Crippen LogP contribution is 2.30. The average Bonchev–Trinajstić information content (AvgIpc) is 2.68. The third-order valence-corrected chi connectivity index (χ3v) is 3.70. The molecule has 2 aromatic heterocycles. The van der Waals surface area contributed by atoms with Crippen molar-refractivity contribution < 1.29 is 26.7 Å². The second-order valence-electron chi connectivity index (χ2n) is 5.57. The van der Waals surface area contributed by atoms with E-state index in [9.17, 15) is 26.7 Å². The van der Waals surface area contributed by atoms with Crippen molar-refractivity contribution in [1.29, 1.82) is 0 Å². The molecule has 1 aromatic carbocycles. The normalized spacial score (nSPS) is 11.5. The first kappa shape index (κ1) is 19.3. The molecular formula is C18H11F5N4O. The summed E-state index contributed by atoms with van der Waals surface area (Å²) in [7, 11) is 0. The van der Waals surface area contributed by atoms with Crippen LogP contribution in [0.5, 0.6) is 0 Å². The van der Waals surface area contributed by atoms with Crippen LogP contribution >= 0.6 is 0 Å². The molecule has 5 nitrogen and oxygen atoms in total. The van der Waals surface area contributed by atoms with Crippen molar-refractivity contribution in [2.75, 3.05) is 5.32 Å². The number of carbonyl (C=O) groups excluding carboxylic acids is 1. The fraction of sp³-hybridized carbons (Fsp3) is 0.111. The highest BCUT2D eigenvalue weighted by Gasteiger charge is 2.30. The second kappa shape index (κ2) is 7.67. The Morgan fingerprint density at radius 2 is 1.68 bits per heavy atom. The van der Waals surface area contributed by atoms with Crippen LogP contribution in [0.4, 0.5) is 27.8 Å². The van der Waals surface area contributed by atoms with Crippen molar-refractivity contribution in [3.8, 4) is 11.3 Å². The minimum Gasteiger partial charge on any atom is -0.304 e. The topological polar surface area (TPSA) is 67.8 Å². The number of halogens is 5. The molecule has 3 rings (SSSR count). The van der Waals surface area contributed by atoms with Gasteiger partial charge in [0.2, 0.25) is 0 Å². The van der Waals surface area contributed by atoms with Gasteiger partial charge in [0.05, 0.1) is 11.3 Å². The SMILES string of the molecule is O=C(Nc1ccc(-c2ccc(C(F)(F)F)cc2)nn1)c1ncccc1C(F)F. The second-order valence-corrected chi connectivity index (χ2v) is 5.57. The number of alkyl halides is 5. The number of anilines is 1. The maximum absolute atomic E-state index is 13.0. The van der Waals surface area contributed by atoms with Crippen LogP contribution in [-0.4, -0.2) is 21.1 Å². The smallest absolute Gasteiger partial charge is 0.304 e. The number of pyridine rings is 1. The Balaban J connectivity index is 1.76. The third-order valence-electron chi connectivity index (χ3n) is 3.70. The van der Waals surface area contributed by atoms with Gasteiger partial charge in [-0.05, 0) is 36.4 Å². The van der Waals surface area contributed by atoms with Crippen LogP contribution in [0.1, 0.15) is 28.0 Å². The molecule has 0 aliphatic heterocycles. The molecular weight excluding hydrogens is 383 g/mol. The number of carbonyl (C=O) groups is 1. The first-order chi connectivity index (χ1) is 13.3. The predicted octanol–water partition coefficient (Wildman–Crippen LogP) is 4.75. The van der Waals surface area contributed by atoms with Crippen LogP contribution in [0.25, 0.3) is 11.3 Å². The van der Waals surface area contributed by atoms with E-state index in [1.807, 2.05) is 0 Å². The third kappa shape index (κ3) is 4.27. The Bertz CT molecular complexity index is 973. The van der Waals surface area contributed by atoms with E-state index in [0.717, 1.165) is 18.2 Å². The zero-order valence-electron chi connectivity index (χ0n) is 13.9. The van der Waals surface area contributed by atoms with Gasteiger partial charge in [-0.2, -0.15) is 13.2 Å². The summed E-state index contributed by atoms with van der Waals surface area (Å²) in [6, 6.07) is 9.48. The zero-order chi connectivity index (χ0) is 20.3. The summed E-state index contributed by atoms with van der Waals surface area (Å²) in [6.45, 7) is 0. The van der Waals surface area contributed by atoms with Gasteiger partial charge in [0, 0.05) is 17.3 Å². The lowest BCUT2D eigenvalue weighted by Gasteiger charge is -2.09. The molecule has 0 bridgehead atoms. The van der Waals surface area contributed by atoms with Crippen molar-refractivity contribution in [3.05, 3.63) is 71.5 Å². The molecule has 28 heavy (non-hydrogen) atoms. The Kier molecular flexibility index (Phi) is 5.30. The Morgan fingerprint density at radius 3 is 2.25 bits per heavy atom. The highest BCUT2D eigenvalue weighted by atomic mass is 19.4. The molecule has 144 valence electrons. The lowest BCUT2D eigenvalue weighted by atomic mass is 10.1. The molecule has 0 aliphatic rings. The van der Waals surface area contributed by atoms with E-state index < -0.39 is 35.3 Å².